The Morgan fingerprint density at radius 2 is 1.87 bits per heavy atom. The summed E-state index contributed by atoms with van der Waals surface area (Å²) in [7, 11) is 1.91. The first-order chi connectivity index (χ1) is 15.0. The Hall–Kier alpha value is -2.34. The summed E-state index contributed by atoms with van der Waals surface area (Å²) < 4.78 is 8.11. The maximum atomic E-state index is 10.4. The summed E-state index contributed by atoms with van der Waals surface area (Å²) in [4.78, 5) is 2.35. The number of ether oxygens (including phenoxy) is 1. The van der Waals surface area contributed by atoms with Gasteiger partial charge in [-0.1, -0.05) is 48.9 Å². The van der Waals surface area contributed by atoms with Crippen LogP contribution in [0.1, 0.15) is 31.7 Å². The molecule has 0 unspecified atom stereocenters. The second kappa shape index (κ2) is 9.86. The van der Waals surface area contributed by atoms with Crippen molar-refractivity contribution < 1.29 is 9.84 Å². The molecular weight excluding hydrogens is 410 g/mol. The van der Waals surface area contributed by atoms with E-state index < -0.39 is 0 Å². The fourth-order valence-corrected chi connectivity index (χ4v) is 3.91. The van der Waals surface area contributed by atoms with Crippen molar-refractivity contribution in [2.24, 2.45) is 13.0 Å². The van der Waals surface area contributed by atoms with Crippen molar-refractivity contribution in [3.8, 4) is 22.9 Å². The number of halogens is 1. The third-order valence-electron chi connectivity index (χ3n) is 5.70. The molecule has 0 aliphatic heterocycles. The zero-order valence-electron chi connectivity index (χ0n) is 18.2. The summed E-state index contributed by atoms with van der Waals surface area (Å²) in [6, 6.07) is 17.6. The molecule has 2 aromatic carbocycles. The van der Waals surface area contributed by atoms with Gasteiger partial charge in [0.05, 0.1) is 11.7 Å². The van der Waals surface area contributed by atoms with Crippen LogP contribution in [0.5, 0.6) is 11.6 Å². The first-order valence-electron chi connectivity index (χ1n) is 11.0. The van der Waals surface area contributed by atoms with Crippen LogP contribution in [0.4, 0.5) is 0 Å². The van der Waals surface area contributed by atoms with Gasteiger partial charge in [-0.15, -0.1) is 0 Å². The van der Waals surface area contributed by atoms with E-state index in [4.69, 9.17) is 21.4 Å². The first kappa shape index (κ1) is 21.9. The standard InChI is InChI=1S/C25H30ClN3O2/c1-3-21(30)16-29(15-18-9-10-18)17-23-24(19-7-5-4-6-8-19)27-28(2)25(23)31-22-13-11-20(26)12-14-22/h4-8,11-14,18,21,30H,3,9-10,15-17H2,1-2H3/t21-/m0/s1. The van der Waals surface area contributed by atoms with Crippen LogP contribution < -0.4 is 4.74 Å². The number of aliphatic hydroxyl groups is 1. The molecule has 0 bridgehead atoms. The minimum atomic E-state index is -0.337. The average molecular weight is 440 g/mol. The molecule has 1 N–H and O–H groups in total. The van der Waals surface area contributed by atoms with Gasteiger partial charge >= 0.3 is 0 Å². The normalized spacial score (nSPS) is 14.7. The van der Waals surface area contributed by atoms with E-state index >= 15 is 0 Å². The number of aromatic nitrogens is 2. The highest BCUT2D eigenvalue weighted by Crippen LogP contribution is 2.36. The second-order valence-corrected chi connectivity index (χ2v) is 8.81. The van der Waals surface area contributed by atoms with Crippen molar-refractivity contribution in [3.05, 3.63) is 65.2 Å². The van der Waals surface area contributed by atoms with Crippen molar-refractivity contribution >= 4 is 11.6 Å². The second-order valence-electron chi connectivity index (χ2n) is 8.38. The van der Waals surface area contributed by atoms with Crippen LogP contribution in [0.3, 0.4) is 0 Å². The van der Waals surface area contributed by atoms with E-state index in [0.29, 0.717) is 24.0 Å². The molecule has 4 rings (SSSR count). The lowest BCUT2D eigenvalue weighted by Crippen LogP contribution is -2.33. The lowest BCUT2D eigenvalue weighted by molar-refractivity contribution is 0.102. The number of aliphatic hydroxyl groups excluding tert-OH is 1. The number of benzene rings is 2. The average Bonchev–Trinajstić information content (AvgIpc) is 3.54. The molecule has 3 aromatic rings. The van der Waals surface area contributed by atoms with Gasteiger partial charge in [0.2, 0.25) is 5.88 Å². The monoisotopic (exact) mass is 439 g/mol. The van der Waals surface area contributed by atoms with Gasteiger partial charge in [0.15, 0.2) is 0 Å². The molecule has 1 heterocycles. The van der Waals surface area contributed by atoms with Gasteiger partial charge in [-0.2, -0.15) is 5.10 Å². The van der Waals surface area contributed by atoms with Gasteiger partial charge < -0.3 is 9.84 Å². The van der Waals surface area contributed by atoms with Crippen LogP contribution in [0.2, 0.25) is 5.02 Å². The SMILES string of the molecule is CC[C@H](O)CN(Cc1c(-c2ccccc2)nn(C)c1Oc1ccc(Cl)cc1)CC1CC1. The van der Waals surface area contributed by atoms with E-state index in [1.807, 2.05) is 56.4 Å². The van der Waals surface area contributed by atoms with E-state index in [9.17, 15) is 5.11 Å². The Balaban J connectivity index is 1.70. The molecule has 1 saturated carbocycles. The molecule has 164 valence electrons. The molecule has 0 spiro atoms. The molecule has 0 radical (unpaired) electrons. The highest BCUT2D eigenvalue weighted by Gasteiger charge is 2.28. The van der Waals surface area contributed by atoms with Crippen molar-refractivity contribution in [2.45, 2.75) is 38.8 Å². The predicted molar refractivity (Wildman–Crippen MR) is 124 cm³/mol. The Bertz CT molecular complexity index is 984. The summed E-state index contributed by atoms with van der Waals surface area (Å²) >= 11 is 6.04. The summed E-state index contributed by atoms with van der Waals surface area (Å²) in [5.74, 6) is 2.16. The van der Waals surface area contributed by atoms with Crippen molar-refractivity contribution in [2.75, 3.05) is 13.1 Å². The van der Waals surface area contributed by atoms with E-state index in [1.54, 1.807) is 4.68 Å². The lowest BCUT2D eigenvalue weighted by Gasteiger charge is -2.25. The molecule has 1 fully saturated rings. The largest absolute Gasteiger partial charge is 0.439 e. The first-order valence-corrected chi connectivity index (χ1v) is 11.4. The summed E-state index contributed by atoms with van der Waals surface area (Å²) in [5, 5.41) is 15.8. The molecule has 0 saturated heterocycles. The van der Waals surface area contributed by atoms with E-state index in [-0.39, 0.29) is 6.10 Å². The van der Waals surface area contributed by atoms with Crippen LogP contribution in [0.25, 0.3) is 11.3 Å². The molecule has 5 nitrogen and oxygen atoms in total. The molecule has 1 aromatic heterocycles. The quantitative estimate of drug-likeness (QED) is 0.452. The summed E-state index contributed by atoms with van der Waals surface area (Å²) in [6.07, 6.45) is 2.95. The number of aryl methyl sites for hydroxylation is 1. The minimum absolute atomic E-state index is 0.337. The highest BCUT2D eigenvalue weighted by atomic mass is 35.5. The van der Waals surface area contributed by atoms with E-state index in [2.05, 4.69) is 17.0 Å². The van der Waals surface area contributed by atoms with E-state index in [1.165, 1.54) is 12.8 Å². The zero-order chi connectivity index (χ0) is 21.8. The topological polar surface area (TPSA) is 50.5 Å². The third-order valence-corrected chi connectivity index (χ3v) is 5.95. The summed E-state index contributed by atoms with van der Waals surface area (Å²) in [6.45, 7) is 4.33. The maximum Gasteiger partial charge on any atom is 0.222 e. The van der Waals surface area contributed by atoms with Crippen LogP contribution in [-0.2, 0) is 13.6 Å². The molecule has 1 atom stereocenters. The predicted octanol–water partition coefficient (Wildman–Crippen LogP) is 5.52. The van der Waals surface area contributed by atoms with Crippen LogP contribution >= 0.6 is 11.6 Å². The maximum absolute atomic E-state index is 10.4. The fourth-order valence-electron chi connectivity index (χ4n) is 3.78. The summed E-state index contributed by atoms with van der Waals surface area (Å²) in [5.41, 5.74) is 3.01. The van der Waals surface area contributed by atoms with Gasteiger partial charge in [0.25, 0.3) is 0 Å². The fraction of sp³-hybridized carbons (Fsp3) is 0.400. The molecule has 1 aliphatic rings. The van der Waals surface area contributed by atoms with Gasteiger partial charge in [-0.25, -0.2) is 4.68 Å². The van der Waals surface area contributed by atoms with Crippen LogP contribution in [0, 0.1) is 5.92 Å². The molecular formula is C25H30ClN3O2. The minimum Gasteiger partial charge on any atom is -0.439 e. The Labute approximate surface area is 189 Å². The molecule has 6 heteroatoms. The highest BCUT2D eigenvalue weighted by molar-refractivity contribution is 6.30. The number of rotatable bonds is 10. The smallest absolute Gasteiger partial charge is 0.222 e. The Morgan fingerprint density at radius 3 is 2.52 bits per heavy atom. The molecule has 0 amide bonds. The van der Waals surface area contributed by atoms with Crippen molar-refractivity contribution in [3.63, 3.8) is 0 Å². The van der Waals surface area contributed by atoms with Gasteiger partial charge in [0.1, 0.15) is 11.4 Å². The van der Waals surface area contributed by atoms with Gasteiger partial charge in [-0.3, -0.25) is 4.90 Å². The Kier molecular flexibility index (Phi) is 6.96. The van der Waals surface area contributed by atoms with Crippen molar-refractivity contribution in [1.29, 1.82) is 0 Å². The number of hydrogen-bond acceptors (Lipinski definition) is 4. The number of hydrogen-bond donors (Lipinski definition) is 1. The zero-order valence-corrected chi connectivity index (χ0v) is 18.9. The van der Waals surface area contributed by atoms with Crippen LogP contribution in [0.15, 0.2) is 54.6 Å². The lowest BCUT2D eigenvalue weighted by atomic mass is 10.1. The van der Waals surface area contributed by atoms with Crippen LogP contribution in [-0.4, -0.2) is 39.0 Å². The molecule has 1 aliphatic carbocycles. The molecule has 31 heavy (non-hydrogen) atoms. The van der Waals surface area contributed by atoms with E-state index in [0.717, 1.165) is 41.5 Å². The number of nitrogens with zero attached hydrogens (tertiary/aromatic N) is 3. The Morgan fingerprint density at radius 1 is 1.16 bits per heavy atom. The van der Waals surface area contributed by atoms with Gasteiger partial charge in [-0.05, 0) is 49.4 Å². The van der Waals surface area contributed by atoms with Crippen molar-refractivity contribution in [1.82, 2.24) is 14.7 Å². The van der Waals surface area contributed by atoms with Gasteiger partial charge in [0, 0.05) is 37.3 Å². The third kappa shape index (κ3) is 5.67.